The van der Waals surface area contributed by atoms with E-state index in [1.54, 1.807) is 18.3 Å². The minimum atomic E-state index is -3.34. The normalized spacial score (nSPS) is 11.7. The van der Waals surface area contributed by atoms with E-state index in [-0.39, 0.29) is 0 Å². The molecule has 0 saturated carbocycles. The second-order valence-corrected chi connectivity index (χ2v) is 7.98. The van der Waals surface area contributed by atoms with E-state index in [2.05, 4.69) is 22.6 Å². The van der Waals surface area contributed by atoms with Gasteiger partial charge in [-0.05, 0) is 40.3 Å². The molecule has 0 bridgehead atoms. The SMILES string of the molecule is CS(=O)(=O)n1cc(I)c2c(OCc3ccccc3)cccc21. The van der Waals surface area contributed by atoms with Crippen LogP contribution in [0.5, 0.6) is 5.75 Å². The maximum atomic E-state index is 11.9. The van der Waals surface area contributed by atoms with Gasteiger partial charge in [0.2, 0.25) is 10.0 Å². The second kappa shape index (κ2) is 5.92. The molecule has 0 aliphatic rings. The van der Waals surface area contributed by atoms with Crippen molar-refractivity contribution in [2.24, 2.45) is 0 Å². The fraction of sp³-hybridized carbons (Fsp3) is 0.125. The van der Waals surface area contributed by atoms with Gasteiger partial charge in [-0.15, -0.1) is 0 Å². The lowest BCUT2D eigenvalue weighted by Gasteiger charge is -2.09. The van der Waals surface area contributed by atoms with Crippen molar-refractivity contribution < 1.29 is 13.2 Å². The maximum Gasteiger partial charge on any atom is 0.236 e. The molecule has 22 heavy (non-hydrogen) atoms. The summed E-state index contributed by atoms with van der Waals surface area (Å²) >= 11 is 2.13. The van der Waals surface area contributed by atoms with Gasteiger partial charge in [0.15, 0.2) is 0 Å². The van der Waals surface area contributed by atoms with Crippen molar-refractivity contribution >= 4 is 43.5 Å². The van der Waals surface area contributed by atoms with Crippen LogP contribution >= 0.6 is 22.6 Å². The van der Waals surface area contributed by atoms with E-state index < -0.39 is 10.0 Å². The lowest BCUT2D eigenvalue weighted by atomic mass is 10.2. The molecule has 0 radical (unpaired) electrons. The molecule has 1 heterocycles. The molecule has 3 rings (SSSR count). The molecule has 0 aliphatic carbocycles. The first-order chi connectivity index (χ1) is 10.5. The molecule has 0 amide bonds. The molecule has 4 nitrogen and oxygen atoms in total. The fourth-order valence-corrected chi connectivity index (χ4v) is 4.13. The minimum Gasteiger partial charge on any atom is -0.488 e. The fourth-order valence-electron chi connectivity index (χ4n) is 2.31. The van der Waals surface area contributed by atoms with Gasteiger partial charge in [0.1, 0.15) is 12.4 Å². The summed E-state index contributed by atoms with van der Waals surface area (Å²) in [7, 11) is -3.34. The lowest BCUT2D eigenvalue weighted by molar-refractivity contribution is 0.310. The average molecular weight is 427 g/mol. The number of hydrogen-bond donors (Lipinski definition) is 0. The van der Waals surface area contributed by atoms with Gasteiger partial charge in [-0.1, -0.05) is 36.4 Å². The van der Waals surface area contributed by atoms with Gasteiger partial charge in [0.05, 0.1) is 17.2 Å². The van der Waals surface area contributed by atoms with Gasteiger partial charge < -0.3 is 4.74 Å². The molecule has 1 aromatic heterocycles. The monoisotopic (exact) mass is 427 g/mol. The van der Waals surface area contributed by atoms with E-state index in [9.17, 15) is 8.42 Å². The van der Waals surface area contributed by atoms with E-state index in [1.165, 1.54) is 10.2 Å². The largest absolute Gasteiger partial charge is 0.488 e. The van der Waals surface area contributed by atoms with Crippen LogP contribution in [0.4, 0.5) is 0 Å². The predicted octanol–water partition coefficient (Wildman–Crippen LogP) is 3.63. The van der Waals surface area contributed by atoms with Crippen molar-refractivity contribution in [3.8, 4) is 5.75 Å². The van der Waals surface area contributed by atoms with Gasteiger partial charge in [0, 0.05) is 9.77 Å². The summed E-state index contributed by atoms with van der Waals surface area (Å²) in [6.07, 6.45) is 2.82. The standard InChI is InChI=1S/C16H14INO3S/c1-22(19,20)18-10-13(17)16-14(18)8-5-9-15(16)21-11-12-6-3-2-4-7-12/h2-10H,11H2,1H3. The van der Waals surface area contributed by atoms with Gasteiger partial charge in [-0.25, -0.2) is 12.4 Å². The molecule has 6 heteroatoms. The third kappa shape index (κ3) is 2.98. The number of fused-ring (bicyclic) bond motifs is 1. The van der Waals surface area contributed by atoms with Gasteiger partial charge in [0.25, 0.3) is 0 Å². The molecule has 0 unspecified atom stereocenters. The van der Waals surface area contributed by atoms with Crippen molar-refractivity contribution in [3.63, 3.8) is 0 Å². The van der Waals surface area contributed by atoms with Crippen molar-refractivity contribution in [2.45, 2.75) is 6.61 Å². The highest BCUT2D eigenvalue weighted by Crippen LogP contribution is 2.32. The summed E-state index contributed by atoms with van der Waals surface area (Å²) in [5.74, 6) is 0.688. The average Bonchev–Trinajstić information content (AvgIpc) is 2.84. The first-order valence-electron chi connectivity index (χ1n) is 6.63. The quantitative estimate of drug-likeness (QED) is 0.598. The molecular weight excluding hydrogens is 413 g/mol. The highest BCUT2D eigenvalue weighted by Gasteiger charge is 2.16. The molecule has 0 aliphatic heterocycles. The van der Waals surface area contributed by atoms with Crippen LogP contribution < -0.4 is 4.74 Å². The first kappa shape index (κ1) is 15.4. The van der Waals surface area contributed by atoms with Crippen LogP contribution in [-0.2, 0) is 16.6 Å². The van der Waals surface area contributed by atoms with E-state index in [0.717, 1.165) is 14.5 Å². The van der Waals surface area contributed by atoms with Crippen molar-refractivity contribution in [1.29, 1.82) is 0 Å². The lowest BCUT2D eigenvalue weighted by Crippen LogP contribution is -2.08. The Kier molecular flexibility index (Phi) is 4.14. The molecule has 114 valence electrons. The minimum absolute atomic E-state index is 0.445. The van der Waals surface area contributed by atoms with E-state index in [0.29, 0.717) is 17.9 Å². The Hall–Kier alpha value is -1.54. The number of halogens is 1. The Labute approximate surface area is 142 Å². The van der Waals surface area contributed by atoms with Crippen LogP contribution in [0.25, 0.3) is 10.9 Å². The molecule has 0 saturated heterocycles. The smallest absolute Gasteiger partial charge is 0.236 e. The summed E-state index contributed by atoms with van der Waals surface area (Å²) in [6.45, 7) is 0.445. The zero-order valence-corrected chi connectivity index (χ0v) is 14.8. The summed E-state index contributed by atoms with van der Waals surface area (Å²) in [4.78, 5) is 0. The van der Waals surface area contributed by atoms with Crippen molar-refractivity contribution in [1.82, 2.24) is 3.97 Å². The van der Waals surface area contributed by atoms with E-state index in [1.807, 2.05) is 36.4 Å². The maximum absolute atomic E-state index is 11.9. The van der Waals surface area contributed by atoms with Crippen LogP contribution in [0.15, 0.2) is 54.7 Å². The Morgan fingerprint density at radius 1 is 1.09 bits per heavy atom. The zero-order valence-electron chi connectivity index (χ0n) is 11.9. The molecule has 2 aromatic carbocycles. The highest BCUT2D eigenvalue weighted by molar-refractivity contribution is 14.1. The number of benzene rings is 2. The zero-order chi connectivity index (χ0) is 15.7. The summed E-state index contributed by atoms with van der Waals surface area (Å²) < 4.78 is 31.8. The molecule has 0 spiro atoms. The van der Waals surface area contributed by atoms with E-state index in [4.69, 9.17) is 4.74 Å². The predicted molar refractivity (Wildman–Crippen MR) is 95.7 cm³/mol. The summed E-state index contributed by atoms with van der Waals surface area (Å²) in [5.41, 5.74) is 1.70. The Bertz CT molecular complexity index is 917. The van der Waals surface area contributed by atoms with Gasteiger partial charge in [-0.3, -0.25) is 0 Å². The second-order valence-electron chi connectivity index (χ2n) is 4.96. The van der Waals surface area contributed by atoms with Crippen molar-refractivity contribution in [3.05, 3.63) is 63.9 Å². The number of hydrogen-bond acceptors (Lipinski definition) is 3. The number of nitrogens with zero attached hydrogens (tertiary/aromatic N) is 1. The first-order valence-corrected chi connectivity index (χ1v) is 9.56. The van der Waals surface area contributed by atoms with Gasteiger partial charge in [-0.2, -0.15) is 0 Å². The Balaban J connectivity index is 2.02. The third-order valence-corrected chi connectivity index (χ3v) is 5.14. The third-order valence-electron chi connectivity index (χ3n) is 3.31. The van der Waals surface area contributed by atoms with Gasteiger partial charge >= 0.3 is 0 Å². The summed E-state index contributed by atoms with van der Waals surface area (Å²) in [5, 5.41) is 0.824. The Morgan fingerprint density at radius 3 is 2.50 bits per heavy atom. The molecule has 3 aromatic rings. The molecule has 0 N–H and O–H groups in total. The van der Waals surface area contributed by atoms with Crippen LogP contribution in [0.2, 0.25) is 0 Å². The molecular formula is C16H14INO3S. The molecule has 0 fully saturated rings. The number of rotatable bonds is 4. The van der Waals surface area contributed by atoms with Crippen LogP contribution in [0.1, 0.15) is 5.56 Å². The van der Waals surface area contributed by atoms with Crippen molar-refractivity contribution in [2.75, 3.05) is 6.26 Å². The number of ether oxygens (including phenoxy) is 1. The van der Waals surface area contributed by atoms with E-state index >= 15 is 0 Å². The highest BCUT2D eigenvalue weighted by atomic mass is 127. The molecule has 0 atom stereocenters. The van der Waals surface area contributed by atoms with Crippen LogP contribution in [0.3, 0.4) is 0 Å². The summed E-state index contributed by atoms with van der Waals surface area (Å²) in [6, 6.07) is 15.3. The van der Waals surface area contributed by atoms with Crippen LogP contribution in [-0.4, -0.2) is 18.6 Å². The Morgan fingerprint density at radius 2 is 1.82 bits per heavy atom. The number of aromatic nitrogens is 1. The topological polar surface area (TPSA) is 48.3 Å². The van der Waals surface area contributed by atoms with Crippen LogP contribution in [0, 0.1) is 3.57 Å².